The largest absolute Gasteiger partial charge is 0.469 e. The third-order valence-corrected chi connectivity index (χ3v) is 4.47. The summed E-state index contributed by atoms with van der Waals surface area (Å²) in [4.78, 5) is 4.77. The van der Waals surface area contributed by atoms with Gasteiger partial charge in [-0.25, -0.2) is 0 Å². The molecule has 5 heteroatoms. The molecule has 1 aliphatic heterocycles. The molecule has 3 rings (SSSR count). The van der Waals surface area contributed by atoms with Crippen LogP contribution in [0.1, 0.15) is 37.9 Å². The molecule has 0 amide bonds. The Labute approximate surface area is 132 Å². The molecule has 1 aromatic rings. The molecule has 22 heavy (non-hydrogen) atoms. The Morgan fingerprint density at radius 2 is 2.18 bits per heavy atom. The standard InChI is InChI=1S/C17H27N3O2/c1-2-5-15(4-1)20-17(19-12-14-8-11-21-13-14)18-9-7-16-6-3-10-22-16/h3,6,10,14-15H,1-2,4-5,7-9,11-13H2,(H2,18,19,20). The first-order chi connectivity index (χ1) is 10.9. The second kappa shape index (κ2) is 8.22. The van der Waals surface area contributed by atoms with Gasteiger partial charge in [0.2, 0.25) is 0 Å². The van der Waals surface area contributed by atoms with E-state index in [9.17, 15) is 0 Å². The van der Waals surface area contributed by atoms with E-state index >= 15 is 0 Å². The molecule has 1 aromatic heterocycles. The van der Waals surface area contributed by atoms with Gasteiger partial charge in [0.1, 0.15) is 5.76 Å². The van der Waals surface area contributed by atoms with E-state index in [4.69, 9.17) is 14.1 Å². The van der Waals surface area contributed by atoms with E-state index in [1.54, 1.807) is 6.26 Å². The summed E-state index contributed by atoms with van der Waals surface area (Å²) in [7, 11) is 0. The number of hydrogen-bond donors (Lipinski definition) is 2. The van der Waals surface area contributed by atoms with Crippen LogP contribution in [0, 0.1) is 5.92 Å². The maximum Gasteiger partial charge on any atom is 0.191 e. The fourth-order valence-electron chi connectivity index (χ4n) is 3.12. The Morgan fingerprint density at radius 1 is 1.27 bits per heavy atom. The van der Waals surface area contributed by atoms with E-state index in [1.165, 1.54) is 25.7 Å². The molecule has 1 saturated carbocycles. The first-order valence-corrected chi connectivity index (χ1v) is 8.55. The quantitative estimate of drug-likeness (QED) is 0.625. The van der Waals surface area contributed by atoms with Crippen molar-refractivity contribution in [1.82, 2.24) is 10.6 Å². The maximum atomic E-state index is 5.43. The molecule has 0 bridgehead atoms. The van der Waals surface area contributed by atoms with Gasteiger partial charge in [0.15, 0.2) is 5.96 Å². The molecular formula is C17H27N3O2. The van der Waals surface area contributed by atoms with Crippen molar-refractivity contribution >= 4 is 5.96 Å². The van der Waals surface area contributed by atoms with E-state index < -0.39 is 0 Å². The minimum Gasteiger partial charge on any atom is -0.469 e. The van der Waals surface area contributed by atoms with Crippen molar-refractivity contribution in [2.45, 2.75) is 44.6 Å². The molecule has 0 spiro atoms. The average Bonchev–Trinajstić information content (AvgIpc) is 3.28. The van der Waals surface area contributed by atoms with Crippen LogP contribution in [0.5, 0.6) is 0 Å². The number of nitrogens with zero attached hydrogens (tertiary/aromatic N) is 1. The lowest BCUT2D eigenvalue weighted by Crippen LogP contribution is -2.43. The van der Waals surface area contributed by atoms with Gasteiger partial charge in [0.25, 0.3) is 0 Å². The van der Waals surface area contributed by atoms with Crippen LogP contribution in [0.4, 0.5) is 0 Å². The molecule has 1 saturated heterocycles. The van der Waals surface area contributed by atoms with Crippen LogP contribution in [-0.4, -0.2) is 38.3 Å². The van der Waals surface area contributed by atoms with Gasteiger partial charge in [-0.3, -0.25) is 4.99 Å². The summed E-state index contributed by atoms with van der Waals surface area (Å²) in [6.07, 6.45) is 8.90. The van der Waals surface area contributed by atoms with Crippen LogP contribution in [0.3, 0.4) is 0 Å². The number of rotatable bonds is 6. The van der Waals surface area contributed by atoms with Gasteiger partial charge in [-0.05, 0) is 31.4 Å². The van der Waals surface area contributed by atoms with Crippen molar-refractivity contribution in [3.63, 3.8) is 0 Å². The SMILES string of the molecule is c1coc(CCNC(=NCC2CCOC2)NC2CCCC2)c1. The Balaban J connectivity index is 1.48. The fourth-order valence-corrected chi connectivity index (χ4v) is 3.12. The normalized spacial score (nSPS) is 23.1. The Morgan fingerprint density at radius 3 is 2.91 bits per heavy atom. The van der Waals surface area contributed by atoms with Crippen LogP contribution in [0.25, 0.3) is 0 Å². The molecule has 1 atom stereocenters. The van der Waals surface area contributed by atoms with Gasteiger partial charge in [0.05, 0.1) is 12.9 Å². The summed E-state index contributed by atoms with van der Waals surface area (Å²) >= 11 is 0. The summed E-state index contributed by atoms with van der Waals surface area (Å²) in [5.74, 6) is 2.54. The Bertz CT molecular complexity index is 446. The minimum absolute atomic E-state index is 0.576. The summed E-state index contributed by atoms with van der Waals surface area (Å²) < 4.78 is 10.8. The first-order valence-electron chi connectivity index (χ1n) is 8.55. The minimum atomic E-state index is 0.576. The van der Waals surface area contributed by atoms with Gasteiger partial charge in [-0.1, -0.05) is 12.8 Å². The van der Waals surface area contributed by atoms with Crippen LogP contribution in [0.2, 0.25) is 0 Å². The maximum absolute atomic E-state index is 5.43. The summed E-state index contributed by atoms with van der Waals surface area (Å²) in [5, 5.41) is 7.03. The summed E-state index contributed by atoms with van der Waals surface area (Å²) in [6, 6.07) is 4.52. The van der Waals surface area contributed by atoms with E-state index in [-0.39, 0.29) is 0 Å². The van der Waals surface area contributed by atoms with E-state index in [0.29, 0.717) is 12.0 Å². The molecule has 1 unspecified atom stereocenters. The Kier molecular flexibility index (Phi) is 5.76. The molecule has 1 aliphatic carbocycles. The van der Waals surface area contributed by atoms with E-state index in [2.05, 4.69) is 10.6 Å². The highest BCUT2D eigenvalue weighted by Gasteiger charge is 2.18. The number of hydrogen-bond acceptors (Lipinski definition) is 3. The monoisotopic (exact) mass is 305 g/mol. The van der Waals surface area contributed by atoms with Crippen molar-refractivity contribution in [3.8, 4) is 0 Å². The molecule has 0 radical (unpaired) electrons. The summed E-state index contributed by atoms with van der Waals surface area (Å²) in [6.45, 7) is 3.43. The third-order valence-electron chi connectivity index (χ3n) is 4.47. The zero-order valence-corrected chi connectivity index (χ0v) is 13.2. The van der Waals surface area contributed by atoms with Crippen LogP contribution < -0.4 is 10.6 Å². The second-order valence-corrected chi connectivity index (χ2v) is 6.30. The lowest BCUT2D eigenvalue weighted by molar-refractivity contribution is 0.187. The molecule has 2 heterocycles. The van der Waals surface area contributed by atoms with Gasteiger partial charge >= 0.3 is 0 Å². The highest BCUT2D eigenvalue weighted by molar-refractivity contribution is 5.80. The van der Waals surface area contributed by atoms with Gasteiger partial charge in [0, 0.05) is 38.1 Å². The van der Waals surface area contributed by atoms with E-state index in [1.807, 2.05) is 12.1 Å². The fraction of sp³-hybridized carbons (Fsp3) is 0.706. The van der Waals surface area contributed by atoms with Crippen LogP contribution in [0.15, 0.2) is 27.8 Å². The second-order valence-electron chi connectivity index (χ2n) is 6.30. The average molecular weight is 305 g/mol. The highest BCUT2D eigenvalue weighted by Crippen LogP contribution is 2.17. The number of furan rings is 1. The lowest BCUT2D eigenvalue weighted by atomic mass is 10.1. The molecule has 2 aliphatic rings. The first kappa shape index (κ1) is 15.4. The molecule has 0 aromatic carbocycles. The molecule has 5 nitrogen and oxygen atoms in total. The molecule has 2 fully saturated rings. The van der Waals surface area contributed by atoms with Crippen LogP contribution in [-0.2, 0) is 11.2 Å². The van der Waals surface area contributed by atoms with Crippen molar-refractivity contribution in [2.75, 3.05) is 26.3 Å². The number of ether oxygens (including phenoxy) is 1. The topological polar surface area (TPSA) is 58.8 Å². The van der Waals surface area contributed by atoms with Crippen molar-refractivity contribution < 1.29 is 9.15 Å². The predicted molar refractivity (Wildman–Crippen MR) is 87.0 cm³/mol. The number of aliphatic imine (C=N–C) groups is 1. The van der Waals surface area contributed by atoms with E-state index in [0.717, 1.165) is 50.9 Å². The smallest absolute Gasteiger partial charge is 0.191 e. The molecule has 2 N–H and O–H groups in total. The molecule has 122 valence electrons. The predicted octanol–water partition coefficient (Wildman–Crippen LogP) is 2.34. The van der Waals surface area contributed by atoms with Gasteiger partial charge in [-0.15, -0.1) is 0 Å². The number of guanidine groups is 1. The van der Waals surface area contributed by atoms with Crippen molar-refractivity contribution in [2.24, 2.45) is 10.9 Å². The van der Waals surface area contributed by atoms with Crippen LogP contribution >= 0.6 is 0 Å². The third kappa shape index (κ3) is 4.77. The highest BCUT2D eigenvalue weighted by atomic mass is 16.5. The lowest BCUT2D eigenvalue weighted by Gasteiger charge is -2.18. The van der Waals surface area contributed by atoms with Gasteiger partial charge in [-0.2, -0.15) is 0 Å². The van der Waals surface area contributed by atoms with Crippen molar-refractivity contribution in [1.29, 1.82) is 0 Å². The zero-order valence-electron chi connectivity index (χ0n) is 13.2. The molecular weight excluding hydrogens is 278 g/mol. The zero-order chi connectivity index (χ0) is 15.0. The number of nitrogens with one attached hydrogen (secondary N) is 2. The Hall–Kier alpha value is -1.49. The van der Waals surface area contributed by atoms with Gasteiger partial charge < -0.3 is 19.8 Å². The van der Waals surface area contributed by atoms with Crippen molar-refractivity contribution in [3.05, 3.63) is 24.2 Å². The summed E-state index contributed by atoms with van der Waals surface area (Å²) in [5.41, 5.74) is 0.